The maximum atomic E-state index is 6.21. The van der Waals surface area contributed by atoms with E-state index in [2.05, 4.69) is 32.6 Å². The number of hydrogen-bond acceptors (Lipinski definition) is 2. The van der Waals surface area contributed by atoms with Crippen LogP contribution in [0.5, 0.6) is 0 Å². The number of aromatic nitrogens is 2. The third-order valence-electron chi connectivity index (χ3n) is 2.99. The molecule has 0 N–H and O–H groups in total. The van der Waals surface area contributed by atoms with Crippen LogP contribution in [-0.2, 0) is 0 Å². The molecule has 6 heteroatoms. The highest BCUT2D eigenvalue weighted by molar-refractivity contribution is 14.1. The summed E-state index contributed by atoms with van der Waals surface area (Å²) >= 11 is 20.6. The molecule has 3 rings (SSSR count). The highest BCUT2D eigenvalue weighted by Gasteiger charge is 2.29. The van der Waals surface area contributed by atoms with E-state index in [0.717, 1.165) is 27.7 Å². The Morgan fingerprint density at radius 2 is 1.84 bits per heavy atom. The Labute approximate surface area is 139 Å². The lowest BCUT2D eigenvalue weighted by molar-refractivity contribution is 0.978. The van der Waals surface area contributed by atoms with Crippen LogP contribution in [0.15, 0.2) is 18.2 Å². The van der Waals surface area contributed by atoms with Crippen LogP contribution in [0.25, 0.3) is 11.4 Å². The van der Waals surface area contributed by atoms with E-state index >= 15 is 0 Å². The summed E-state index contributed by atoms with van der Waals surface area (Å²) in [4.78, 5) is 8.94. The Balaban J connectivity index is 2.17. The third-order valence-corrected chi connectivity index (χ3v) is 5.47. The van der Waals surface area contributed by atoms with Crippen molar-refractivity contribution >= 4 is 57.4 Å². The van der Waals surface area contributed by atoms with Crippen molar-refractivity contribution in [3.63, 3.8) is 0 Å². The van der Waals surface area contributed by atoms with Gasteiger partial charge in [0.25, 0.3) is 0 Å². The van der Waals surface area contributed by atoms with Crippen molar-refractivity contribution in [2.75, 3.05) is 0 Å². The van der Waals surface area contributed by atoms with E-state index in [-0.39, 0.29) is 0 Å². The molecule has 1 saturated carbocycles. The van der Waals surface area contributed by atoms with Crippen molar-refractivity contribution in [1.29, 1.82) is 0 Å². The first-order chi connectivity index (χ1) is 9.08. The Bertz CT molecular complexity index is 657. The number of nitrogens with zero attached hydrogens (tertiary/aromatic N) is 2. The molecule has 0 bridgehead atoms. The van der Waals surface area contributed by atoms with E-state index in [9.17, 15) is 0 Å². The zero-order valence-corrected chi connectivity index (χ0v) is 14.1. The van der Waals surface area contributed by atoms with Gasteiger partial charge in [-0.3, -0.25) is 0 Å². The number of benzene rings is 1. The summed E-state index contributed by atoms with van der Waals surface area (Å²) in [6.45, 7) is 0. The van der Waals surface area contributed by atoms with Gasteiger partial charge in [-0.05, 0) is 47.6 Å². The molecule has 19 heavy (non-hydrogen) atoms. The van der Waals surface area contributed by atoms with Crippen LogP contribution in [0.3, 0.4) is 0 Å². The van der Waals surface area contributed by atoms with E-state index in [1.54, 1.807) is 6.07 Å². The molecule has 1 aliphatic rings. The highest BCUT2D eigenvalue weighted by atomic mass is 127. The van der Waals surface area contributed by atoms with Gasteiger partial charge in [-0.25, -0.2) is 9.97 Å². The predicted octanol–water partition coefficient (Wildman–Crippen LogP) is 5.59. The maximum Gasteiger partial charge on any atom is 0.162 e. The number of halogens is 4. The minimum absolute atomic E-state index is 0.461. The van der Waals surface area contributed by atoms with Crippen molar-refractivity contribution in [2.24, 2.45) is 0 Å². The molecular weight excluding hydrogens is 417 g/mol. The van der Waals surface area contributed by atoms with Gasteiger partial charge in [-0.15, -0.1) is 0 Å². The molecule has 0 amide bonds. The van der Waals surface area contributed by atoms with Crippen LogP contribution in [0.4, 0.5) is 0 Å². The minimum atomic E-state index is 0.461. The van der Waals surface area contributed by atoms with Gasteiger partial charge in [-0.1, -0.05) is 40.9 Å². The molecular formula is C13H8Cl3IN2. The molecule has 1 aromatic carbocycles. The summed E-state index contributed by atoms with van der Waals surface area (Å²) in [6, 6.07) is 5.42. The van der Waals surface area contributed by atoms with Crippen LogP contribution < -0.4 is 0 Å². The fraction of sp³-hybridized carbons (Fsp3) is 0.231. The Hall–Kier alpha value is -0.100. The second-order valence-electron chi connectivity index (χ2n) is 4.41. The SMILES string of the molecule is Clc1cccc(-c2nc(Cl)c(I)c(C3CC3)n2)c1Cl. The monoisotopic (exact) mass is 424 g/mol. The van der Waals surface area contributed by atoms with E-state index in [0.29, 0.717) is 26.9 Å². The van der Waals surface area contributed by atoms with Crippen molar-refractivity contribution < 1.29 is 0 Å². The first-order valence-corrected chi connectivity index (χ1v) is 7.96. The lowest BCUT2D eigenvalue weighted by Crippen LogP contribution is -2.00. The lowest BCUT2D eigenvalue weighted by Gasteiger charge is -2.09. The van der Waals surface area contributed by atoms with Gasteiger partial charge in [0.2, 0.25) is 0 Å². The van der Waals surface area contributed by atoms with Crippen LogP contribution in [-0.4, -0.2) is 9.97 Å². The molecule has 0 atom stereocenters. The summed E-state index contributed by atoms with van der Waals surface area (Å²) in [5, 5.41) is 1.43. The fourth-order valence-electron chi connectivity index (χ4n) is 1.86. The van der Waals surface area contributed by atoms with E-state index in [4.69, 9.17) is 34.8 Å². The average molecular weight is 425 g/mol. The van der Waals surface area contributed by atoms with Crippen LogP contribution in [0.2, 0.25) is 15.2 Å². The molecule has 2 aromatic rings. The molecule has 0 spiro atoms. The van der Waals surface area contributed by atoms with Crippen molar-refractivity contribution in [3.05, 3.63) is 42.7 Å². The second kappa shape index (κ2) is 5.35. The predicted molar refractivity (Wildman–Crippen MR) is 87.2 cm³/mol. The Kier molecular flexibility index (Phi) is 3.91. The van der Waals surface area contributed by atoms with Gasteiger partial charge in [-0.2, -0.15) is 0 Å². The maximum absolute atomic E-state index is 6.21. The van der Waals surface area contributed by atoms with E-state index < -0.39 is 0 Å². The largest absolute Gasteiger partial charge is 0.232 e. The minimum Gasteiger partial charge on any atom is -0.232 e. The first kappa shape index (κ1) is 13.9. The van der Waals surface area contributed by atoms with Crippen molar-refractivity contribution in [1.82, 2.24) is 9.97 Å². The van der Waals surface area contributed by atoms with E-state index in [1.807, 2.05) is 12.1 Å². The summed E-state index contributed by atoms with van der Waals surface area (Å²) in [7, 11) is 0. The van der Waals surface area contributed by atoms with Gasteiger partial charge in [0.05, 0.1) is 19.3 Å². The van der Waals surface area contributed by atoms with Crippen molar-refractivity contribution in [2.45, 2.75) is 18.8 Å². The van der Waals surface area contributed by atoms with Crippen LogP contribution >= 0.6 is 57.4 Å². The van der Waals surface area contributed by atoms with Gasteiger partial charge < -0.3 is 0 Å². The molecule has 0 unspecified atom stereocenters. The smallest absolute Gasteiger partial charge is 0.162 e. The summed E-state index contributed by atoms with van der Waals surface area (Å²) in [5.74, 6) is 1.05. The third kappa shape index (κ3) is 2.71. The number of hydrogen-bond donors (Lipinski definition) is 0. The normalized spacial score (nSPS) is 14.7. The van der Waals surface area contributed by atoms with Crippen LogP contribution in [0.1, 0.15) is 24.5 Å². The van der Waals surface area contributed by atoms with Gasteiger partial charge >= 0.3 is 0 Å². The van der Waals surface area contributed by atoms with Crippen LogP contribution in [0, 0.1) is 3.57 Å². The summed E-state index contributed by atoms with van der Waals surface area (Å²) in [6.07, 6.45) is 2.32. The zero-order chi connectivity index (χ0) is 13.6. The van der Waals surface area contributed by atoms with E-state index in [1.165, 1.54) is 0 Å². The standard InChI is InChI=1S/C13H8Cl3IN2/c14-8-3-1-2-7(9(8)15)13-18-11(6-4-5-6)10(17)12(16)19-13/h1-3,6H,4-5H2. The first-order valence-electron chi connectivity index (χ1n) is 5.75. The average Bonchev–Trinajstić information content (AvgIpc) is 3.20. The highest BCUT2D eigenvalue weighted by Crippen LogP contribution is 2.43. The lowest BCUT2D eigenvalue weighted by atomic mass is 10.2. The molecule has 1 heterocycles. The molecule has 0 radical (unpaired) electrons. The van der Waals surface area contributed by atoms with Gasteiger partial charge in [0.15, 0.2) is 5.82 Å². The number of rotatable bonds is 2. The topological polar surface area (TPSA) is 25.8 Å². The molecule has 1 aromatic heterocycles. The fourth-order valence-corrected chi connectivity index (χ4v) is 3.10. The summed E-state index contributed by atoms with van der Waals surface area (Å²) < 4.78 is 0.934. The quantitative estimate of drug-likeness (QED) is 0.463. The Morgan fingerprint density at radius 3 is 2.53 bits per heavy atom. The molecule has 98 valence electrons. The second-order valence-corrected chi connectivity index (χ2v) is 6.63. The molecule has 1 aliphatic carbocycles. The molecule has 0 aliphatic heterocycles. The van der Waals surface area contributed by atoms with Crippen molar-refractivity contribution in [3.8, 4) is 11.4 Å². The zero-order valence-electron chi connectivity index (χ0n) is 9.63. The molecule has 0 saturated heterocycles. The molecule has 1 fully saturated rings. The van der Waals surface area contributed by atoms with Gasteiger partial charge in [0, 0.05) is 11.5 Å². The molecule has 2 nitrogen and oxygen atoms in total. The summed E-state index contributed by atoms with van der Waals surface area (Å²) in [5.41, 5.74) is 1.74. The Morgan fingerprint density at radius 1 is 1.11 bits per heavy atom. The van der Waals surface area contributed by atoms with Gasteiger partial charge in [0.1, 0.15) is 5.15 Å².